The zero-order valence-electron chi connectivity index (χ0n) is 7.40. The van der Waals surface area contributed by atoms with Crippen LogP contribution in [-0.4, -0.2) is 13.1 Å². The van der Waals surface area contributed by atoms with Crippen LogP contribution in [-0.2, 0) is 0 Å². The van der Waals surface area contributed by atoms with Gasteiger partial charge in [-0.25, -0.2) is 0 Å². The van der Waals surface area contributed by atoms with E-state index >= 15 is 0 Å². The van der Waals surface area contributed by atoms with Crippen LogP contribution in [0.3, 0.4) is 0 Å². The van der Waals surface area contributed by atoms with Gasteiger partial charge in [0.05, 0.1) is 0 Å². The van der Waals surface area contributed by atoms with Gasteiger partial charge < -0.3 is 4.90 Å². The number of nitrogens with zero attached hydrogens (tertiary/aromatic N) is 1. The minimum atomic E-state index is 1.22. The topological polar surface area (TPSA) is 3.01 Å². The van der Waals surface area contributed by atoms with Crippen molar-refractivity contribution in [1.29, 1.82) is 0 Å². The summed E-state index contributed by atoms with van der Waals surface area (Å²) >= 11 is 0. The van der Waals surface area contributed by atoms with Crippen LogP contribution in [0.2, 0.25) is 0 Å². The Hall–Kier alpha value is -1.50. The Morgan fingerprint density at radius 2 is 1.62 bits per heavy atom. The van der Waals surface area contributed by atoms with Crippen molar-refractivity contribution in [1.82, 2.24) is 0 Å². The van der Waals surface area contributed by atoms with E-state index < -0.39 is 0 Å². The van der Waals surface area contributed by atoms with Gasteiger partial charge in [0.15, 0.2) is 0 Å². The first-order valence-corrected chi connectivity index (χ1v) is 4.68. The SMILES string of the molecule is c1ccc2c(N3CC3)cccc2c1. The molecular weight excluding hydrogens is 158 g/mol. The first-order valence-electron chi connectivity index (χ1n) is 4.68. The summed E-state index contributed by atoms with van der Waals surface area (Å²) in [7, 11) is 0. The first-order chi connectivity index (χ1) is 6.45. The second kappa shape index (κ2) is 2.49. The Morgan fingerprint density at radius 1 is 0.846 bits per heavy atom. The number of benzene rings is 2. The van der Waals surface area contributed by atoms with E-state index in [9.17, 15) is 0 Å². The first kappa shape index (κ1) is 6.96. The van der Waals surface area contributed by atoms with E-state index in [-0.39, 0.29) is 0 Å². The molecule has 0 amide bonds. The number of hydrogen-bond donors (Lipinski definition) is 0. The van der Waals surface area contributed by atoms with E-state index in [4.69, 9.17) is 0 Å². The summed E-state index contributed by atoms with van der Waals surface area (Å²) in [6.45, 7) is 2.43. The molecule has 1 heterocycles. The second-order valence-electron chi connectivity index (χ2n) is 3.49. The maximum absolute atomic E-state index is 2.39. The van der Waals surface area contributed by atoms with Crippen LogP contribution in [0, 0.1) is 0 Å². The highest BCUT2D eigenvalue weighted by atomic mass is 15.3. The smallest absolute Gasteiger partial charge is 0.0447 e. The molecular formula is C12H11N. The normalized spacial score (nSPS) is 14.9. The van der Waals surface area contributed by atoms with Crippen LogP contribution in [0.25, 0.3) is 10.8 Å². The number of fused-ring (bicyclic) bond motifs is 1. The number of anilines is 1. The average Bonchev–Trinajstić information content (AvgIpc) is 3.00. The van der Waals surface area contributed by atoms with E-state index in [1.54, 1.807) is 0 Å². The van der Waals surface area contributed by atoms with E-state index in [2.05, 4.69) is 47.4 Å². The van der Waals surface area contributed by atoms with Gasteiger partial charge in [-0.05, 0) is 11.5 Å². The molecule has 1 fully saturated rings. The molecule has 1 aliphatic rings. The third kappa shape index (κ3) is 1.08. The molecule has 2 aromatic rings. The Morgan fingerprint density at radius 3 is 2.46 bits per heavy atom. The molecule has 0 bridgehead atoms. The van der Waals surface area contributed by atoms with Gasteiger partial charge in [0.2, 0.25) is 0 Å². The molecule has 0 radical (unpaired) electrons. The Bertz CT molecular complexity index is 438. The zero-order chi connectivity index (χ0) is 8.67. The van der Waals surface area contributed by atoms with Crippen molar-refractivity contribution in [2.45, 2.75) is 0 Å². The fourth-order valence-corrected chi connectivity index (χ4v) is 1.77. The Kier molecular flexibility index (Phi) is 1.33. The molecule has 13 heavy (non-hydrogen) atoms. The minimum Gasteiger partial charge on any atom is -0.367 e. The van der Waals surface area contributed by atoms with Crippen molar-refractivity contribution in [3.05, 3.63) is 42.5 Å². The van der Waals surface area contributed by atoms with E-state index in [0.29, 0.717) is 0 Å². The molecule has 0 unspecified atom stereocenters. The van der Waals surface area contributed by atoms with Gasteiger partial charge in [-0.1, -0.05) is 36.4 Å². The van der Waals surface area contributed by atoms with E-state index in [1.165, 1.54) is 29.5 Å². The monoisotopic (exact) mass is 169 g/mol. The van der Waals surface area contributed by atoms with Crippen molar-refractivity contribution in [2.24, 2.45) is 0 Å². The van der Waals surface area contributed by atoms with Gasteiger partial charge in [0, 0.05) is 24.2 Å². The quantitative estimate of drug-likeness (QED) is 0.593. The third-order valence-corrected chi connectivity index (χ3v) is 2.55. The summed E-state index contributed by atoms with van der Waals surface area (Å²) in [6, 6.07) is 15.1. The molecule has 1 heteroatoms. The van der Waals surface area contributed by atoms with Crippen LogP contribution >= 0.6 is 0 Å². The standard InChI is InChI=1S/C12H11N/c1-2-6-11-10(4-1)5-3-7-12(11)13-8-9-13/h1-7H,8-9H2. The fourth-order valence-electron chi connectivity index (χ4n) is 1.77. The Balaban J connectivity index is 2.32. The lowest BCUT2D eigenvalue weighted by atomic mass is 10.1. The lowest BCUT2D eigenvalue weighted by Gasteiger charge is -2.06. The summed E-state index contributed by atoms with van der Waals surface area (Å²) in [5.41, 5.74) is 1.39. The van der Waals surface area contributed by atoms with Gasteiger partial charge in [0.25, 0.3) is 0 Å². The highest BCUT2D eigenvalue weighted by Crippen LogP contribution is 2.29. The van der Waals surface area contributed by atoms with Gasteiger partial charge >= 0.3 is 0 Å². The maximum atomic E-state index is 2.39. The van der Waals surface area contributed by atoms with Gasteiger partial charge in [-0.15, -0.1) is 0 Å². The second-order valence-corrected chi connectivity index (χ2v) is 3.49. The maximum Gasteiger partial charge on any atom is 0.0447 e. The molecule has 64 valence electrons. The predicted octanol–water partition coefficient (Wildman–Crippen LogP) is 2.66. The van der Waals surface area contributed by atoms with Gasteiger partial charge in [0.1, 0.15) is 0 Å². The molecule has 3 rings (SSSR count). The van der Waals surface area contributed by atoms with Crippen LogP contribution in [0.15, 0.2) is 42.5 Å². The van der Waals surface area contributed by atoms with E-state index in [0.717, 1.165) is 0 Å². The van der Waals surface area contributed by atoms with Crippen LogP contribution in [0.4, 0.5) is 5.69 Å². The molecule has 1 saturated heterocycles. The predicted molar refractivity (Wildman–Crippen MR) is 56.2 cm³/mol. The van der Waals surface area contributed by atoms with E-state index in [1.807, 2.05) is 0 Å². The number of rotatable bonds is 1. The molecule has 0 aromatic heterocycles. The summed E-state index contributed by atoms with van der Waals surface area (Å²) in [5, 5.41) is 2.72. The van der Waals surface area contributed by atoms with Gasteiger partial charge in [-0.2, -0.15) is 0 Å². The molecule has 0 spiro atoms. The molecule has 0 atom stereocenters. The lowest BCUT2D eigenvalue weighted by Crippen LogP contribution is -1.90. The summed E-state index contributed by atoms with van der Waals surface area (Å²) in [4.78, 5) is 2.39. The number of hydrogen-bond acceptors (Lipinski definition) is 1. The molecule has 0 aliphatic carbocycles. The largest absolute Gasteiger partial charge is 0.367 e. The average molecular weight is 169 g/mol. The van der Waals surface area contributed by atoms with Crippen LogP contribution < -0.4 is 4.90 Å². The van der Waals surface area contributed by atoms with Crippen molar-refractivity contribution in [2.75, 3.05) is 18.0 Å². The molecule has 1 aliphatic heterocycles. The summed E-state index contributed by atoms with van der Waals surface area (Å²) in [6.07, 6.45) is 0. The minimum absolute atomic E-state index is 1.22. The molecule has 0 N–H and O–H groups in total. The van der Waals surface area contributed by atoms with Crippen molar-refractivity contribution in [3.63, 3.8) is 0 Å². The molecule has 0 saturated carbocycles. The third-order valence-electron chi connectivity index (χ3n) is 2.55. The molecule has 1 nitrogen and oxygen atoms in total. The van der Waals surface area contributed by atoms with Gasteiger partial charge in [-0.3, -0.25) is 0 Å². The summed E-state index contributed by atoms with van der Waals surface area (Å²) < 4.78 is 0. The fraction of sp³-hybridized carbons (Fsp3) is 0.167. The van der Waals surface area contributed by atoms with Crippen LogP contribution in [0.5, 0.6) is 0 Å². The zero-order valence-corrected chi connectivity index (χ0v) is 7.40. The van der Waals surface area contributed by atoms with Crippen LogP contribution in [0.1, 0.15) is 0 Å². The van der Waals surface area contributed by atoms with Crippen molar-refractivity contribution >= 4 is 16.5 Å². The highest BCUT2D eigenvalue weighted by Gasteiger charge is 2.19. The Labute approximate surface area is 77.6 Å². The van der Waals surface area contributed by atoms with Crippen molar-refractivity contribution in [3.8, 4) is 0 Å². The molecule has 2 aromatic carbocycles. The highest BCUT2D eigenvalue weighted by molar-refractivity contribution is 5.95. The summed E-state index contributed by atoms with van der Waals surface area (Å²) in [5.74, 6) is 0. The van der Waals surface area contributed by atoms with Crippen molar-refractivity contribution < 1.29 is 0 Å². The lowest BCUT2D eigenvalue weighted by molar-refractivity contribution is 1.42.